The molecule has 112 valence electrons. The zero-order chi connectivity index (χ0) is 15.3. The predicted molar refractivity (Wildman–Crippen MR) is 72.1 cm³/mol. The largest absolute Gasteiger partial charge is 0.416 e. The zero-order valence-corrected chi connectivity index (χ0v) is 11.9. The van der Waals surface area contributed by atoms with Crippen LogP contribution in [0.3, 0.4) is 0 Å². The molecular formula is C15H20F3NO. The Bertz CT molecular complexity index is 457. The predicted octanol–water partition coefficient (Wildman–Crippen LogP) is 4.32. The van der Waals surface area contributed by atoms with E-state index in [-0.39, 0.29) is 11.8 Å². The van der Waals surface area contributed by atoms with Crippen LogP contribution in [0.15, 0.2) is 24.3 Å². The Labute approximate surface area is 117 Å². The lowest BCUT2D eigenvalue weighted by Crippen LogP contribution is -2.31. The molecule has 20 heavy (non-hydrogen) atoms. The van der Waals surface area contributed by atoms with Gasteiger partial charge in [-0.25, -0.2) is 0 Å². The lowest BCUT2D eigenvalue weighted by atomic mass is 10.0. The first kappa shape index (κ1) is 16.5. The third kappa shape index (κ3) is 4.54. The molecule has 0 heterocycles. The maximum atomic E-state index is 12.6. The van der Waals surface area contributed by atoms with Crippen molar-refractivity contribution in [2.75, 3.05) is 0 Å². The number of carbonyl (C=O) groups is 1. The second-order valence-electron chi connectivity index (χ2n) is 5.04. The van der Waals surface area contributed by atoms with E-state index in [1.165, 1.54) is 6.07 Å². The fourth-order valence-electron chi connectivity index (χ4n) is 1.99. The van der Waals surface area contributed by atoms with Crippen LogP contribution in [0.1, 0.15) is 50.8 Å². The highest BCUT2D eigenvalue weighted by molar-refractivity contribution is 5.78. The number of hydrogen-bond acceptors (Lipinski definition) is 1. The van der Waals surface area contributed by atoms with Gasteiger partial charge >= 0.3 is 6.18 Å². The summed E-state index contributed by atoms with van der Waals surface area (Å²) in [7, 11) is 0. The second-order valence-corrected chi connectivity index (χ2v) is 5.04. The molecule has 0 bridgehead atoms. The molecule has 2 atom stereocenters. The van der Waals surface area contributed by atoms with E-state index in [2.05, 4.69) is 5.32 Å². The smallest absolute Gasteiger partial charge is 0.349 e. The van der Waals surface area contributed by atoms with Crippen molar-refractivity contribution in [3.63, 3.8) is 0 Å². The van der Waals surface area contributed by atoms with Crippen molar-refractivity contribution in [2.24, 2.45) is 5.92 Å². The highest BCUT2D eigenvalue weighted by Gasteiger charge is 2.30. The normalized spacial score (nSPS) is 14.7. The molecule has 5 heteroatoms. The van der Waals surface area contributed by atoms with E-state index in [0.29, 0.717) is 5.56 Å². The molecule has 1 aromatic carbocycles. The number of benzene rings is 1. The third-order valence-corrected chi connectivity index (χ3v) is 3.24. The van der Waals surface area contributed by atoms with Gasteiger partial charge in [-0.05, 0) is 31.0 Å². The topological polar surface area (TPSA) is 29.1 Å². The number of alkyl halides is 3. The summed E-state index contributed by atoms with van der Waals surface area (Å²) in [6.07, 6.45) is -2.71. The van der Waals surface area contributed by atoms with Gasteiger partial charge in [0.2, 0.25) is 5.91 Å². The molecule has 2 nitrogen and oxygen atoms in total. The summed E-state index contributed by atoms with van der Waals surface area (Å²) in [5, 5.41) is 2.75. The highest BCUT2D eigenvalue weighted by Crippen LogP contribution is 2.30. The summed E-state index contributed by atoms with van der Waals surface area (Å²) in [4.78, 5) is 11.9. The van der Waals surface area contributed by atoms with E-state index in [1.807, 2.05) is 13.8 Å². The van der Waals surface area contributed by atoms with Gasteiger partial charge in [0.15, 0.2) is 0 Å². The molecular weight excluding hydrogens is 267 g/mol. The second kappa shape index (κ2) is 6.77. The number of nitrogens with one attached hydrogen (secondary N) is 1. The molecule has 0 saturated carbocycles. The van der Waals surface area contributed by atoms with Crippen LogP contribution in [-0.4, -0.2) is 5.91 Å². The maximum Gasteiger partial charge on any atom is 0.416 e. The van der Waals surface area contributed by atoms with Crippen LogP contribution in [0.5, 0.6) is 0 Å². The number of rotatable bonds is 5. The van der Waals surface area contributed by atoms with E-state index in [4.69, 9.17) is 0 Å². The van der Waals surface area contributed by atoms with Gasteiger partial charge in [-0.2, -0.15) is 13.2 Å². The SMILES string of the molecule is CCCC(C)C(=O)NC(C)c1cccc(C(F)(F)F)c1. The van der Waals surface area contributed by atoms with Crippen molar-refractivity contribution in [3.8, 4) is 0 Å². The number of halogens is 3. The third-order valence-electron chi connectivity index (χ3n) is 3.24. The van der Waals surface area contributed by atoms with Gasteiger partial charge < -0.3 is 5.32 Å². The van der Waals surface area contributed by atoms with Crippen LogP contribution in [0, 0.1) is 5.92 Å². The van der Waals surface area contributed by atoms with Crippen LogP contribution in [0.4, 0.5) is 13.2 Å². The van der Waals surface area contributed by atoms with Crippen molar-refractivity contribution in [3.05, 3.63) is 35.4 Å². The van der Waals surface area contributed by atoms with Gasteiger partial charge in [-0.15, -0.1) is 0 Å². The molecule has 0 aliphatic rings. The molecule has 1 N–H and O–H groups in total. The molecule has 0 saturated heterocycles. The first-order valence-corrected chi connectivity index (χ1v) is 6.73. The lowest BCUT2D eigenvalue weighted by Gasteiger charge is -2.18. The minimum Gasteiger partial charge on any atom is -0.349 e. The monoisotopic (exact) mass is 287 g/mol. The Morgan fingerprint density at radius 2 is 1.95 bits per heavy atom. The Morgan fingerprint density at radius 1 is 1.30 bits per heavy atom. The molecule has 0 aliphatic heterocycles. The quantitative estimate of drug-likeness (QED) is 0.858. The number of hydrogen-bond donors (Lipinski definition) is 1. The van der Waals surface area contributed by atoms with Crippen LogP contribution in [0.2, 0.25) is 0 Å². The van der Waals surface area contributed by atoms with Crippen molar-refractivity contribution in [2.45, 2.75) is 45.8 Å². The maximum absolute atomic E-state index is 12.6. The zero-order valence-electron chi connectivity index (χ0n) is 11.9. The van der Waals surface area contributed by atoms with Crippen molar-refractivity contribution in [1.29, 1.82) is 0 Å². The van der Waals surface area contributed by atoms with Crippen LogP contribution in [0.25, 0.3) is 0 Å². The summed E-state index contributed by atoms with van der Waals surface area (Å²) in [6.45, 7) is 5.49. The summed E-state index contributed by atoms with van der Waals surface area (Å²) in [5.74, 6) is -0.259. The Balaban J connectivity index is 2.78. The molecule has 0 radical (unpaired) electrons. The van der Waals surface area contributed by atoms with Gasteiger partial charge in [0.1, 0.15) is 0 Å². The molecule has 2 unspecified atom stereocenters. The molecule has 1 rings (SSSR count). The fraction of sp³-hybridized carbons (Fsp3) is 0.533. The summed E-state index contributed by atoms with van der Waals surface area (Å²) < 4.78 is 37.9. The Morgan fingerprint density at radius 3 is 2.50 bits per heavy atom. The van der Waals surface area contributed by atoms with Crippen LogP contribution < -0.4 is 5.32 Å². The molecule has 1 amide bonds. The highest BCUT2D eigenvalue weighted by atomic mass is 19.4. The Kier molecular flexibility index (Phi) is 5.60. The van der Waals surface area contributed by atoms with Crippen molar-refractivity contribution < 1.29 is 18.0 Å². The van der Waals surface area contributed by atoms with Crippen LogP contribution >= 0.6 is 0 Å². The molecule has 0 aliphatic carbocycles. The average molecular weight is 287 g/mol. The number of carbonyl (C=O) groups excluding carboxylic acids is 1. The van der Waals surface area contributed by atoms with E-state index < -0.39 is 17.8 Å². The molecule has 0 aromatic heterocycles. The van der Waals surface area contributed by atoms with E-state index in [0.717, 1.165) is 25.0 Å². The van der Waals surface area contributed by atoms with Crippen molar-refractivity contribution in [1.82, 2.24) is 5.32 Å². The lowest BCUT2D eigenvalue weighted by molar-refractivity contribution is -0.137. The Hall–Kier alpha value is -1.52. The first-order chi connectivity index (χ1) is 9.25. The van der Waals surface area contributed by atoms with Gasteiger partial charge in [-0.1, -0.05) is 32.4 Å². The summed E-state index contributed by atoms with van der Waals surface area (Å²) in [5.41, 5.74) is -0.241. The minimum absolute atomic E-state index is 0.128. The number of amides is 1. The van der Waals surface area contributed by atoms with E-state index in [1.54, 1.807) is 13.0 Å². The average Bonchev–Trinajstić information content (AvgIpc) is 2.38. The van der Waals surface area contributed by atoms with Crippen molar-refractivity contribution >= 4 is 5.91 Å². The first-order valence-electron chi connectivity index (χ1n) is 6.73. The van der Waals surface area contributed by atoms with Gasteiger partial charge in [0.05, 0.1) is 11.6 Å². The summed E-state index contributed by atoms with van der Waals surface area (Å²) >= 11 is 0. The molecule has 0 spiro atoms. The van der Waals surface area contributed by atoms with Crippen LogP contribution in [-0.2, 0) is 11.0 Å². The van der Waals surface area contributed by atoms with E-state index in [9.17, 15) is 18.0 Å². The van der Waals surface area contributed by atoms with E-state index >= 15 is 0 Å². The van der Waals surface area contributed by atoms with Gasteiger partial charge in [0.25, 0.3) is 0 Å². The molecule has 1 aromatic rings. The summed E-state index contributed by atoms with van der Waals surface area (Å²) in [6, 6.07) is 4.61. The van der Waals surface area contributed by atoms with Gasteiger partial charge in [0, 0.05) is 5.92 Å². The van der Waals surface area contributed by atoms with Gasteiger partial charge in [-0.3, -0.25) is 4.79 Å². The molecule has 0 fully saturated rings. The minimum atomic E-state index is -4.37. The standard InChI is InChI=1S/C15H20F3NO/c1-4-6-10(2)14(20)19-11(3)12-7-5-8-13(9-12)15(16,17)18/h5,7-11H,4,6H2,1-3H3,(H,19,20). The fourth-order valence-corrected chi connectivity index (χ4v) is 1.99.